The number of carbonyl (C=O) groups excluding carboxylic acids is 1. The van der Waals surface area contributed by atoms with Crippen molar-refractivity contribution in [2.24, 2.45) is 0 Å². The van der Waals surface area contributed by atoms with Gasteiger partial charge in [-0.3, -0.25) is 14.6 Å². The fourth-order valence-corrected chi connectivity index (χ4v) is 1.43. The van der Waals surface area contributed by atoms with E-state index in [2.05, 4.69) is 0 Å². The number of hydrogen-bond donors (Lipinski definition) is 4. The maximum Gasteiger partial charge on any atom is 0.328 e. The molecular weight excluding hydrogens is 236 g/mol. The summed E-state index contributed by atoms with van der Waals surface area (Å²) in [4.78, 5) is 23.2. The largest absolute Gasteiger partial charge is 0.481 e. The van der Waals surface area contributed by atoms with Gasteiger partial charge in [0.2, 0.25) is 0 Å². The zero-order chi connectivity index (χ0) is 13.0. The van der Waals surface area contributed by atoms with E-state index in [9.17, 15) is 14.7 Å². The molecule has 2 unspecified atom stereocenters. The van der Waals surface area contributed by atoms with Crippen LogP contribution >= 0.6 is 0 Å². The summed E-state index contributed by atoms with van der Waals surface area (Å²) >= 11 is 0. The van der Waals surface area contributed by atoms with E-state index in [4.69, 9.17) is 20.1 Å². The highest BCUT2D eigenvalue weighted by atomic mass is 16.5. The molecule has 4 N–H and O–H groups in total. The van der Waals surface area contributed by atoms with E-state index in [0.717, 1.165) is 4.90 Å². The molecular formula is C8H14N2O7. The Labute approximate surface area is 96.4 Å². The maximum atomic E-state index is 11.5. The van der Waals surface area contributed by atoms with Gasteiger partial charge in [-0.15, -0.1) is 0 Å². The number of amides is 2. The molecule has 2 amide bonds. The van der Waals surface area contributed by atoms with Gasteiger partial charge in [0.25, 0.3) is 0 Å². The molecule has 1 aliphatic rings. The molecule has 0 aliphatic carbocycles. The van der Waals surface area contributed by atoms with Crippen LogP contribution in [0.2, 0.25) is 0 Å². The lowest BCUT2D eigenvalue weighted by Gasteiger charge is -2.22. The van der Waals surface area contributed by atoms with Gasteiger partial charge in [-0.1, -0.05) is 0 Å². The standard InChI is InChI=1S/C8H14N2O7/c11-3-9-6(15)7(10(4-12)8(9)16)17-2-1-5(13)14/h6-7,11-12,15H,1-4H2,(H,13,14). The summed E-state index contributed by atoms with van der Waals surface area (Å²) in [6, 6.07) is -0.789. The first-order valence-corrected chi connectivity index (χ1v) is 4.83. The molecule has 0 aromatic carbocycles. The van der Waals surface area contributed by atoms with E-state index in [-0.39, 0.29) is 13.0 Å². The second kappa shape index (κ2) is 5.77. The number of carbonyl (C=O) groups is 2. The summed E-state index contributed by atoms with van der Waals surface area (Å²) in [6.45, 7) is -1.65. The Morgan fingerprint density at radius 2 is 1.88 bits per heavy atom. The molecule has 0 radical (unpaired) electrons. The summed E-state index contributed by atoms with van der Waals surface area (Å²) < 4.78 is 4.99. The van der Waals surface area contributed by atoms with Crippen LogP contribution in [-0.4, -0.2) is 74.8 Å². The van der Waals surface area contributed by atoms with Crippen LogP contribution in [0.4, 0.5) is 4.79 Å². The van der Waals surface area contributed by atoms with Crippen molar-refractivity contribution < 1.29 is 34.8 Å². The highest BCUT2D eigenvalue weighted by Gasteiger charge is 2.45. The molecule has 0 spiro atoms. The van der Waals surface area contributed by atoms with Gasteiger partial charge in [0.1, 0.15) is 13.5 Å². The van der Waals surface area contributed by atoms with Crippen LogP contribution in [-0.2, 0) is 9.53 Å². The second-order valence-corrected chi connectivity index (χ2v) is 3.32. The first-order chi connectivity index (χ1) is 8.02. The first kappa shape index (κ1) is 13.6. The first-order valence-electron chi connectivity index (χ1n) is 4.83. The monoisotopic (exact) mass is 250 g/mol. The molecule has 0 bridgehead atoms. The molecule has 0 aromatic rings. The molecule has 9 heteroatoms. The van der Waals surface area contributed by atoms with Crippen LogP contribution in [0.3, 0.4) is 0 Å². The van der Waals surface area contributed by atoms with Gasteiger partial charge in [-0.25, -0.2) is 4.79 Å². The van der Waals surface area contributed by atoms with E-state index in [1.54, 1.807) is 0 Å². The fraction of sp³-hybridized carbons (Fsp3) is 0.750. The van der Waals surface area contributed by atoms with Crippen LogP contribution in [0.1, 0.15) is 6.42 Å². The predicted molar refractivity (Wildman–Crippen MR) is 51.2 cm³/mol. The van der Waals surface area contributed by atoms with Gasteiger partial charge in [-0.2, -0.15) is 0 Å². The van der Waals surface area contributed by atoms with Crippen molar-refractivity contribution in [1.29, 1.82) is 0 Å². The average molecular weight is 250 g/mol. The highest BCUT2D eigenvalue weighted by Crippen LogP contribution is 2.21. The predicted octanol–water partition coefficient (Wildman–Crippen LogP) is -2.24. The van der Waals surface area contributed by atoms with Crippen LogP contribution in [0.15, 0.2) is 0 Å². The summed E-state index contributed by atoms with van der Waals surface area (Å²) in [5, 5.41) is 35.8. The molecule has 98 valence electrons. The van der Waals surface area contributed by atoms with Gasteiger partial charge in [0.15, 0.2) is 12.5 Å². The Morgan fingerprint density at radius 3 is 2.35 bits per heavy atom. The highest BCUT2D eigenvalue weighted by molar-refractivity contribution is 5.77. The number of rotatable bonds is 6. The van der Waals surface area contributed by atoms with Crippen molar-refractivity contribution in [2.75, 3.05) is 20.1 Å². The number of carboxylic acids is 1. The minimum Gasteiger partial charge on any atom is -0.481 e. The van der Waals surface area contributed by atoms with Crippen molar-refractivity contribution in [3.63, 3.8) is 0 Å². The third-order valence-corrected chi connectivity index (χ3v) is 2.28. The number of carboxylic acid groups (broad SMARTS) is 1. The van der Waals surface area contributed by atoms with Crippen LogP contribution < -0.4 is 0 Å². The Kier molecular flexibility index (Phi) is 4.63. The molecule has 0 aromatic heterocycles. The third kappa shape index (κ3) is 2.82. The van der Waals surface area contributed by atoms with E-state index in [0.29, 0.717) is 4.90 Å². The van der Waals surface area contributed by atoms with Gasteiger partial charge < -0.3 is 25.2 Å². The zero-order valence-corrected chi connectivity index (χ0v) is 8.89. The van der Waals surface area contributed by atoms with Crippen LogP contribution in [0.5, 0.6) is 0 Å². The molecule has 0 saturated carbocycles. The van der Waals surface area contributed by atoms with Crippen LogP contribution in [0, 0.1) is 0 Å². The minimum atomic E-state index is -1.45. The van der Waals surface area contributed by atoms with Crippen LogP contribution in [0.25, 0.3) is 0 Å². The topological polar surface area (TPSA) is 131 Å². The number of aliphatic hydroxyl groups excluding tert-OH is 3. The van der Waals surface area contributed by atoms with Gasteiger partial charge in [0.05, 0.1) is 13.0 Å². The average Bonchev–Trinajstić information content (AvgIpc) is 2.50. The molecule has 9 nitrogen and oxygen atoms in total. The second-order valence-electron chi connectivity index (χ2n) is 3.32. The molecule has 1 saturated heterocycles. The molecule has 1 aliphatic heterocycles. The van der Waals surface area contributed by atoms with Gasteiger partial charge in [0, 0.05) is 0 Å². The third-order valence-electron chi connectivity index (χ3n) is 2.28. The number of nitrogens with zero attached hydrogens (tertiary/aromatic N) is 2. The van der Waals surface area contributed by atoms with Gasteiger partial charge >= 0.3 is 12.0 Å². The quantitative estimate of drug-likeness (QED) is 0.419. The summed E-state index contributed by atoms with van der Waals surface area (Å²) in [5.74, 6) is -1.08. The maximum absolute atomic E-state index is 11.5. The van der Waals surface area contributed by atoms with Crippen molar-refractivity contribution in [3.8, 4) is 0 Å². The lowest BCUT2D eigenvalue weighted by Crippen LogP contribution is -2.40. The number of hydrogen-bond acceptors (Lipinski definition) is 6. The smallest absolute Gasteiger partial charge is 0.328 e. The Bertz CT molecular complexity index is 298. The van der Waals surface area contributed by atoms with Crippen molar-refractivity contribution in [2.45, 2.75) is 18.9 Å². The Hall–Kier alpha value is -1.42. The lowest BCUT2D eigenvalue weighted by molar-refractivity contribution is -0.146. The fourth-order valence-electron chi connectivity index (χ4n) is 1.43. The summed E-state index contributed by atoms with van der Waals surface area (Å²) in [7, 11) is 0. The van der Waals surface area contributed by atoms with Crippen molar-refractivity contribution >= 4 is 12.0 Å². The SMILES string of the molecule is O=C(O)CCOC1C(O)N(CO)C(=O)N1CO. The van der Waals surface area contributed by atoms with Crippen molar-refractivity contribution in [1.82, 2.24) is 9.80 Å². The van der Waals surface area contributed by atoms with Gasteiger partial charge in [-0.05, 0) is 0 Å². The summed E-state index contributed by atoms with van der Waals surface area (Å²) in [6.07, 6.45) is -2.94. The lowest BCUT2D eigenvalue weighted by atomic mass is 10.4. The van der Waals surface area contributed by atoms with E-state index >= 15 is 0 Å². The molecule has 1 rings (SSSR count). The van der Waals surface area contributed by atoms with E-state index in [1.165, 1.54) is 0 Å². The molecule has 2 atom stereocenters. The normalized spacial score (nSPS) is 24.5. The van der Waals surface area contributed by atoms with Crippen molar-refractivity contribution in [3.05, 3.63) is 0 Å². The van der Waals surface area contributed by atoms with E-state index < -0.39 is 37.9 Å². The Balaban J connectivity index is 2.62. The number of urea groups is 1. The van der Waals surface area contributed by atoms with E-state index in [1.807, 2.05) is 0 Å². The minimum absolute atomic E-state index is 0.222. The number of aliphatic carboxylic acids is 1. The zero-order valence-electron chi connectivity index (χ0n) is 8.89. The number of ether oxygens (including phenoxy) is 1. The summed E-state index contributed by atoms with van der Waals surface area (Å²) in [5.41, 5.74) is 0. The Morgan fingerprint density at radius 1 is 1.29 bits per heavy atom. The molecule has 1 fully saturated rings. The molecule has 17 heavy (non-hydrogen) atoms. The number of aliphatic hydroxyl groups is 3. The molecule has 1 heterocycles.